The monoisotopic (exact) mass is 247 g/mol. The van der Waals surface area contributed by atoms with Crippen LogP contribution < -0.4 is 5.32 Å². The van der Waals surface area contributed by atoms with Gasteiger partial charge < -0.3 is 5.32 Å². The molecule has 0 saturated heterocycles. The van der Waals surface area contributed by atoms with Crippen LogP contribution in [0.3, 0.4) is 0 Å². The summed E-state index contributed by atoms with van der Waals surface area (Å²) < 4.78 is 0. The minimum absolute atomic E-state index is 0.0761. The Bertz CT molecular complexity index is 493. The van der Waals surface area contributed by atoms with E-state index in [1.165, 1.54) is 31.7 Å². The molecule has 0 bridgehead atoms. The summed E-state index contributed by atoms with van der Waals surface area (Å²) in [6, 6.07) is 3.21. The number of aryl methyl sites for hydroxylation is 1. The lowest BCUT2D eigenvalue weighted by Crippen LogP contribution is -2.18. The van der Waals surface area contributed by atoms with Crippen LogP contribution in [0.15, 0.2) is 12.1 Å². The number of rotatable bonds is 5. The van der Waals surface area contributed by atoms with Crippen molar-refractivity contribution in [1.82, 2.24) is 4.98 Å². The SMILES string of the molecule is Cc1ccc([N+](=O)[O-])c(NCC2(C3CC3)CC2)n1. The first-order valence-corrected chi connectivity index (χ1v) is 6.47. The largest absolute Gasteiger partial charge is 0.364 e. The van der Waals surface area contributed by atoms with Gasteiger partial charge in [0.05, 0.1) is 4.92 Å². The molecule has 0 spiro atoms. The zero-order valence-electron chi connectivity index (χ0n) is 10.5. The molecule has 5 heteroatoms. The maximum atomic E-state index is 10.9. The average Bonchev–Trinajstić information content (AvgIpc) is 3.18. The first-order chi connectivity index (χ1) is 8.61. The van der Waals surface area contributed by atoms with E-state index in [0.717, 1.165) is 18.2 Å². The fourth-order valence-electron chi connectivity index (χ4n) is 2.67. The zero-order valence-corrected chi connectivity index (χ0v) is 10.5. The maximum Gasteiger partial charge on any atom is 0.311 e. The van der Waals surface area contributed by atoms with Crippen LogP contribution in [0, 0.1) is 28.4 Å². The number of hydrogen-bond donors (Lipinski definition) is 1. The molecule has 2 saturated carbocycles. The van der Waals surface area contributed by atoms with Gasteiger partial charge in [0, 0.05) is 18.3 Å². The van der Waals surface area contributed by atoms with Crippen LogP contribution in [-0.2, 0) is 0 Å². The lowest BCUT2D eigenvalue weighted by Gasteiger charge is -2.15. The Kier molecular flexibility index (Phi) is 2.50. The molecule has 2 fully saturated rings. The molecule has 0 aliphatic heterocycles. The molecule has 0 atom stereocenters. The van der Waals surface area contributed by atoms with Crippen molar-refractivity contribution in [3.05, 3.63) is 27.9 Å². The number of nitro groups is 1. The topological polar surface area (TPSA) is 68.1 Å². The quantitative estimate of drug-likeness (QED) is 0.641. The fraction of sp³-hybridized carbons (Fsp3) is 0.615. The highest BCUT2D eigenvalue weighted by atomic mass is 16.6. The van der Waals surface area contributed by atoms with Crippen molar-refractivity contribution in [2.45, 2.75) is 32.6 Å². The van der Waals surface area contributed by atoms with Gasteiger partial charge in [0.2, 0.25) is 5.82 Å². The summed E-state index contributed by atoms with van der Waals surface area (Å²) in [5.41, 5.74) is 1.30. The van der Waals surface area contributed by atoms with Gasteiger partial charge in [0.25, 0.3) is 0 Å². The van der Waals surface area contributed by atoms with Crippen molar-refractivity contribution in [3.8, 4) is 0 Å². The van der Waals surface area contributed by atoms with Crippen molar-refractivity contribution in [1.29, 1.82) is 0 Å². The maximum absolute atomic E-state index is 10.9. The fourth-order valence-corrected chi connectivity index (χ4v) is 2.67. The van der Waals surface area contributed by atoms with E-state index in [2.05, 4.69) is 10.3 Å². The number of nitrogens with zero attached hydrogens (tertiary/aromatic N) is 2. The normalized spacial score (nSPS) is 20.5. The highest BCUT2D eigenvalue weighted by Crippen LogP contribution is 2.61. The smallest absolute Gasteiger partial charge is 0.311 e. The van der Waals surface area contributed by atoms with Crippen molar-refractivity contribution in [2.75, 3.05) is 11.9 Å². The Morgan fingerprint density at radius 1 is 1.50 bits per heavy atom. The highest BCUT2D eigenvalue weighted by Gasteiger charge is 2.53. The van der Waals surface area contributed by atoms with Crippen LogP contribution in [0.4, 0.5) is 11.5 Å². The minimum atomic E-state index is -0.370. The molecule has 5 nitrogen and oxygen atoms in total. The molecule has 2 aliphatic rings. The summed E-state index contributed by atoms with van der Waals surface area (Å²) in [7, 11) is 0. The van der Waals surface area contributed by atoms with E-state index in [4.69, 9.17) is 0 Å². The van der Waals surface area contributed by atoms with E-state index in [0.29, 0.717) is 11.2 Å². The van der Waals surface area contributed by atoms with E-state index in [-0.39, 0.29) is 10.6 Å². The number of nitrogens with one attached hydrogen (secondary N) is 1. The summed E-state index contributed by atoms with van der Waals surface area (Å²) in [5, 5.41) is 14.2. The second-order valence-electron chi connectivity index (χ2n) is 5.57. The van der Waals surface area contributed by atoms with Gasteiger partial charge in [-0.1, -0.05) is 0 Å². The molecule has 0 unspecified atom stereocenters. The molecule has 1 aromatic rings. The van der Waals surface area contributed by atoms with Crippen LogP contribution >= 0.6 is 0 Å². The molecule has 0 amide bonds. The molecule has 18 heavy (non-hydrogen) atoms. The van der Waals surface area contributed by atoms with Gasteiger partial charge in [0.1, 0.15) is 0 Å². The number of aromatic nitrogens is 1. The molecule has 3 rings (SSSR count). The van der Waals surface area contributed by atoms with Gasteiger partial charge >= 0.3 is 5.69 Å². The van der Waals surface area contributed by atoms with E-state index < -0.39 is 0 Å². The molecule has 1 aromatic heterocycles. The second kappa shape index (κ2) is 3.93. The first-order valence-electron chi connectivity index (χ1n) is 6.47. The number of pyridine rings is 1. The van der Waals surface area contributed by atoms with E-state index in [9.17, 15) is 10.1 Å². The molecule has 0 radical (unpaired) electrons. The van der Waals surface area contributed by atoms with Crippen molar-refractivity contribution >= 4 is 11.5 Å². The molecule has 96 valence electrons. The summed E-state index contributed by atoms with van der Waals surface area (Å²) in [6.45, 7) is 2.68. The summed E-state index contributed by atoms with van der Waals surface area (Å²) in [5.74, 6) is 1.26. The van der Waals surface area contributed by atoms with Crippen LogP contribution in [0.2, 0.25) is 0 Å². The predicted molar refractivity (Wildman–Crippen MR) is 68.5 cm³/mol. The van der Waals surface area contributed by atoms with E-state index in [1.54, 1.807) is 6.07 Å². The second-order valence-corrected chi connectivity index (χ2v) is 5.57. The van der Waals surface area contributed by atoms with Crippen molar-refractivity contribution in [3.63, 3.8) is 0 Å². The molecule has 1 N–H and O–H groups in total. The van der Waals surface area contributed by atoms with Gasteiger partial charge in [-0.25, -0.2) is 4.98 Å². The van der Waals surface area contributed by atoms with Gasteiger partial charge in [-0.2, -0.15) is 0 Å². The first kappa shape index (κ1) is 11.4. The summed E-state index contributed by atoms with van der Waals surface area (Å²) in [4.78, 5) is 14.8. The van der Waals surface area contributed by atoms with Crippen molar-refractivity contribution < 1.29 is 4.92 Å². The molecule has 1 heterocycles. The Balaban J connectivity index is 1.75. The summed E-state index contributed by atoms with van der Waals surface area (Å²) >= 11 is 0. The molecule has 0 aromatic carbocycles. The number of anilines is 1. The Morgan fingerprint density at radius 2 is 2.22 bits per heavy atom. The third kappa shape index (κ3) is 2.05. The van der Waals surface area contributed by atoms with Gasteiger partial charge in [0.15, 0.2) is 0 Å². The lowest BCUT2D eigenvalue weighted by atomic mass is 10.0. The van der Waals surface area contributed by atoms with E-state index >= 15 is 0 Å². The van der Waals surface area contributed by atoms with Crippen LogP contribution in [0.1, 0.15) is 31.4 Å². The predicted octanol–water partition coefficient (Wildman–Crippen LogP) is 2.90. The minimum Gasteiger partial charge on any atom is -0.364 e. The standard InChI is InChI=1S/C13H17N3O2/c1-9-2-5-11(16(17)18)12(15-9)14-8-13(6-7-13)10-3-4-10/h2,5,10H,3-4,6-8H2,1H3,(H,14,15). The zero-order chi connectivity index (χ0) is 12.8. The number of hydrogen-bond acceptors (Lipinski definition) is 4. The van der Waals surface area contributed by atoms with Gasteiger partial charge in [-0.3, -0.25) is 10.1 Å². The third-order valence-electron chi connectivity index (χ3n) is 4.15. The Hall–Kier alpha value is -1.65. The van der Waals surface area contributed by atoms with Gasteiger partial charge in [-0.05, 0) is 50.0 Å². The van der Waals surface area contributed by atoms with Crippen molar-refractivity contribution in [2.24, 2.45) is 11.3 Å². The Morgan fingerprint density at radius 3 is 2.78 bits per heavy atom. The van der Waals surface area contributed by atoms with E-state index in [1.807, 2.05) is 6.92 Å². The summed E-state index contributed by atoms with van der Waals surface area (Å²) in [6.07, 6.45) is 5.16. The molecular formula is C13H17N3O2. The van der Waals surface area contributed by atoms with Gasteiger partial charge in [-0.15, -0.1) is 0 Å². The average molecular weight is 247 g/mol. The lowest BCUT2D eigenvalue weighted by molar-refractivity contribution is -0.384. The highest BCUT2D eigenvalue weighted by molar-refractivity contribution is 5.56. The van der Waals surface area contributed by atoms with Crippen LogP contribution in [-0.4, -0.2) is 16.5 Å². The Labute approximate surface area is 106 Å². The molecule has 2 aliphatic carbocycles. The van der Waals surface area contributed by atoms with Crippen LogP contribution in [0.25, 0.3) is 0 Å². The third-order valence-corrected chi connectivity index (χ3v) is 4.15. The molecular weight excluding hydrogens is 230 g/mol. The van der Waals surface area contributed by atoms with Crippen LogP contribution in [0.5, 0.6) is 0 Å².